The number of carbonyl (C=O) groups excluding carboxylic acids is 2. The molecule has 11 rings (SSSR count). The van der Waals surface area contributed by atoms with Gasteiger partial charge in [-0.05, 0) is 63.2 Å². The molecule has 0 fully saturated rings. The topological polar surface area (TPSA) is 130 Å². The van der Waals surface area contributed by atoms with Gasteiger partial charge >= 0.3 is 12.1 Å². The molecule has 1 aliphatic heterocycles. The SMILES string of the molecule is CN(C)C(=O)Oc1c(OCc2ccccc2)cc(C(=O)O[C@@H]2Cc3c(OCc4ccccc4)cc(OCc4ccccc4)cc3O[C@@H]2c2cc(OCc3ccccc3)c(OCc3ccccc3)c(OCc3ccccc3)c2)cc1OCc1ccccc1. The highest BCUT2D eigenvalue weighted by Gasteiger charge is 2.39. The number of benzene rings is 10. The van der Waals surface area contributed by atoms with Crippen LogP contribution in [0.15, 0.2) is 249 Å². The Morgan fingerprint density at radius 2 is 0.747 bits per heavy atom. The van der Waals surface area contributed by atoms with Gasteiger partial charge < -0.3 is 52.3 Å². The number of hydrogen-bond acceptors (Lipinski definition) is 12. The lowest BCUT2D eigenvalue weighted by Gasteiger charge is -2.35. The first-order valence-electron chi connectivity index (χ1n) is 28.7. The zero-order valence-electron chi connectivity index (χ0n) is 48.3. The molecule has 10 aromatic rings. The zero-order chi connectivity index (χ0) is 59.6. The summed E-state index contributed by atoms with van der Waals surface area (Å²) in [6, 6.07) is 78.7. The molecule has 0 aromatic heterocycles. The number of rotatable bonds is 25. The van der Waals surface area contributed by atoms with Gasteiger partial charge in [-0.3, -0.25) is 0 Å². The minimum absolute atomic E-state index is 0.0175. The van der Waals surface area contributed by atoms with Crippen molar-refractivity contribution >= 4 is 12.1 Å². The van der Waals surface area contributed by atoms with Gasteiger partial charge in [0.1, 0.15) is 69.6 Å². The summed E-state index contributed by atoms with van der Waals surface area (Å²) in [7, 11) is 3.14. The molecule has 0 aliphatic carbocycles. The molecule has 0 spiro atoms. The lowest BCUT2D eigenvalue weighted by Crippen LogP contribution is -2.35. The largest absolute Gasteiger partial charge is 0.489 e. The molecule has 10 aromatic carbocycles. The van der Waals surface area contributed by atoms with E-state index >= 15 is 4.79 Å². The Morgan fingerprint density at radius 3 is 1.13 bits per heavy atom. The van der Waals surface area contributed by atoms with Crippen LogP contribution in [0.5, 0.6) is 51.7 Å². The average Bonchev–Trinajstić information content (AvgIpc) is 2.13. The van der Waals surface area contributed by atoms with Crippen LogP contribution in [0.4, 0.5) is 4.79 Å². The first-order valence-corrected chi connectivity index (χ1v) is 28.7. The summed E-state index contributed by atoms with van der Waals surface area (Å²) in [4.78, 5) is 30.2. The third-order valence-electron chi connectivity index (χ3n) is 14.2. The van der Waals surface area contributed by atoms with Gasteiger partial charge in [-0.2, -0.15) is 0 Å². The summed E-state index contributed by atoms with van der Waals surface area (Å²) in [6.45, 7) is 1.20. The van der Waals surface area contributed by atoms with E-state index in [-0.39, 0.29) is 75.5 Å². The van der Waals surface area contributed by atoms with Crippen LogP contribution in [-0.4, -0.2) is 37.2 Å². The smallest absolute Gasteiger partial charge is 0.414 e. The molecule has 0 bridgehead atoms. The molecule has 0 saturated heterocycles. The molecule has 1 heterocycles. The summed E-state index contributed by atoms with van der Waals surface area (Å²) in [5.74, 6) is 1.89. The van der Waals surface area contributed by atoms with Crippen LogP contribution in [0.25, 0.3) is 0 Å². The van der Waals surface area contributed by atoms with E-state index in [9.17, 15) is 4.79 Å². The van der Waals surface area contributed by atoms with Crippen molar-refractivity contribution in [3.05, 3.63) is 304 Å². The predicted molar refractivity (Wildman–Crippen MR) is 331 cm³/mol. The van der Waals surface area contributed by atoms with Crippen molar-refractivity contribution in [2.75, 3.05) is 14.1 Å². The second-order valence-electron chi connectivity index (χ2n) is 20.9. The minimum Gasteiger partial charge on any atom is -0.489 e. The maximum absolute atomic E-state index is 15.5. The van der Waals surface area contributed by atoms with Crippen molar-refractivity contribution in [3.63, 3.8) is 0 Å². The van der Waals surface area contributed by atoms with Gasteiger partial charge in [0.25, 0.3) is 0 Å². The molecule has 2 atom stereocenters. The van der Waals surface area contributed by atoms with E-state index in [4.69, 9.17) is 47.4 Å². The number of fused-ring (bicyclic) bond motifs is 1. The highest BCUT2D eigenvalue weighted by Crippen LogP contribution is 2.49. The maximum Gasteiger partial charge on any atom is 0.414 e. The number of hydrogen-bond donors (Lipinski definition) is 0. The van der Waals surface area contributed by atoms with E-state index < -0.39 is 24.3 Å². The van der Waals surface area contributed by atoms with E-state index in [0.29, 0.717) is 45.6 Å². The van der Waals surface area contributed by atoms with Gasteiger partial charge in [-0.1, -0.05) is 212 Å². The van der Waals surface area contributed by atoms with Crippen molar-refractivity contribution in [2.24, 2.45) is 0 Å². The monoisotopic (exact) mass is 1160 g/mol. The second-order valence-corrected chi connectivity index (χ2v) is 20.9. The van der Waals surface area contributed by atoms with Crippen LogP contribution < -0.4 is 42.6 Å². The molecule has 0 saturated carbocycles. The molecule has 1 amide bonds. The lowest BCUT2D eigenvalue weighted by atomic mass is 9.93. The Balaban J connectivity index is 1.04. The fourth-order valence-electron chi connectivity index (χ4n) is 9.68. The number of carbonyl (C=O) groups is 2. The predicted octanol–water partition coefficient (Wildman–Crippen LogP) is 15.7. The first kappa shape index (κ1) is 58.1. The summed E-state index contributed by atoms with van der Waals surface area (Å²) >= 11 is 0. The number of esters is 1. The van der Waals surface area contributed by atoms with Crippen LogP contribution in [0.2, 0.25) is 0 Å². The van der Waals surface area contributed by atoms with Gasteiger partial charge in [0, 0.05) is 43.8 Å². The van der Waals surface area contributed by atoms with Crippen molar-refractivity contribution in [2.45, 2.75) is 64.9 Å². The van der Waals surface area contributed by atoms with E-state index in [1.807, 2.05) is 237 Å². The number of nitrogens with zero attached hydrogens (tertiary/aromatic N) is 1. The van der Waals surface area contributed by atoms with E-state index in [0.717, 1.165) is 38.9 Å². The highest BCUT2D eigenvalue weighted by molar-refractivity contribution is 5.92. The summed E-state index contributed by atoms with van der Waals surface area (Å²) < 4.78 is 66.6. The van der Waals surface area contributed by atoms with Crippen molar-refractivity contribution in [1.82, 2.24) is 4.90 Å². The fourth-order valence-corrected chi connectivity index (χ4v) is 9.68. The lowest BCUT2D eigenvalue weighted by molar-refractivity contribution is -0.0191. The fraction of sp³-hybridized carbons (Fsp3) is 0.162. The summed E-state index contributed by atoms with van der Waals surface area (Å²) in [5.41, 5.74) is 7.58. The molecule has 0 unspecified atom stereocenters. The Labute approximate surface area is 506 Å². The summed E-state index contributed by atoms with van der Waals surface area (Å²) in [5, 5.41) is 0. The highest BCUT2D eigenvalue weighted by atomic mass is 16.6. The van der Waals surface area contributed by atoms with E-state index in [1.165, 1.54) is 17.0 Å². The van der Waals surface area contributed by atoms with Gasteiger partial charge in [0.15, 0.2) is 29.1 Å². The third-order valence-corrected chi connectivity index (χ3v) is 14.2. The molecule has 13 heteroatoms. The second kappa shape index (κ2) is 28.8. The van der Waals surface area contributed by atoms with Crippen molar-refractivity contribution in [3.8, 4) is 51.7 Å². The number of ether oxygens (including phenoxy) is 10. The van der Waals surface area contributed by atoms with E-state index in [1.54, 1.807) is 14.1 Å². The molecule has 1 aliphatic rings. The Morgan fingerprint density at radius 1 is 0.402 bits per heavy atom. The van der Waals surface area contributed by atoms with Crippen LogP contribution in [-0.2, 0) is 57.4 Å². The van der Waals surface area contributed by atoms with Crippen LogP contribution >= 0.6 is 0 Å². The normalized spacial score (nSPS) is 13.2. The molecule has 438 valence electrons. The summed E-state index contributed by atoms with van der Waals surface area (Å²) in [6.07, 6.45) is -2.67. The molecule has 13 nitrogen and oxygen atoms in total. The van der Waals surface area contributed by atoms with Crippen molar-refractivity contribution in [1.29, 1.82) is 0 Å². The van der Waals surface area contributed by atoms with Crippen LogP contribution in [0, 0.1) is 0 Å². The van der Waals surface area contributed by atoms with Crippen LogP contribution in [0.3, 0.4) is 0 Å². The van der Waals surface area contributed by atoms with Gasteiger partial charge in [-0.15, -0.1) is 0 Å². The minimum atomic E-state index is -1.06. The average molecular weight is 1160 g/mol. The molecular formula is C74H65NO12. The van der Waals surface area contributed by atoms with Gasteiger partial charge in [0.2, 0.25) is 11.5 Å². The third kappa shape index (κ3) is 15.8. The first-order chi connectivity index (χ1) is 42.7. The van der Waals surface area contributed by atoms with E-state index in [2.05, 4.69) is 0 Å². The molecule has 0 N–H and O–H groups in total. The Bertz CT molecular complexity index is 3710. The molecule has 0 radical (unpaired) electrons. The van der Waals surface area contributed by atoms with Crippen molar-refractivity contribution < 1.29 is 57.0 Å². The van der Waals surface area contributed by atoms with Gasteiger partial charge in [-0.25, -0.2) is 9.59 Å². The molecular weight excluding hydrogens is 1090 g/mol. The van der Waals surface area contributed by atoms with Gasteiger partial charge in [0.05, 0.1) is 5.56 Å². The number of amides is 1. The Hall–Kier alpha value is -10.7. The standard InChI is InChI=1S/C74H65NO12/c1-75(2)74(77)87-72-67(82-49-56-32-18-7-19-33-56)40-60(41-68(72)83-50-57-34-20-8-21-35-57)73(76)86-69-44-62-63(79-46-53-26-12-4-13-27-53)42-61(78-45-52-24-10-3-11-25-52)43-64(62)85-70(69)59-38-65(80-47-54-28-14-5-15-29-54)71(84-51-58-36-22-9-23-37-58)66(39-59)81-48-55-30-16-6-17-31-55/h3-43,69-70H,44-51H2,1-2H3/t69-,70-/m1/s1. The Kier molecular flexibility index (Phi) is 19.2. The molecule has 87 heavy (non-hydrogen) atoms. The van der Waals surface area contributed by atoms with Crippen LogP contribution in [0.1, 0.15) is 66.5 Å². The maximum atomic E-state index is 15.5. The quantitative estimate of drug-likeness (QED) is 0.0505. The zero-order valence-corrected chi connectivity index (χ0v) is 48.3.